The number of methoxy groups -OCH3 is 1. The maximum atomic E-state index is 13.7. The first-order valence-corrected chi connectivity index (χ1v) is 18.4. The Kier molecular flexibility index (Phi) is 13.2. The monoisotopic (exact) mass is 772 g/mol. The molecule has 0 saturated carbocycles. The molecule has 0 radical (unpaired) electrons. The number of rotatable bonds is 13. The summed E-state index contributed by atoms with van der Waals surface area (Å²) in [6, 6.07) is 7.05. The van der Waals surface area contributed by atoms with Crippen LogP contribution in [0.4, 0.5) is 18.0 Å². The minimum absolute atomic E-state index is 0.0335. The maximum absolute atomic E-state index is 13.7. The van der Waals surface area contributed by atoms with Crippen molar-refractivity contribution in [1.29, 1.82) is 0 Å². The zero-order valence-electron chi connectivity index (χ0n) is 32.8. The molecule has 1 aromatic carbocycles. The second-order valence-corrected chi connectivity index (χ2v) is 14.9. The van der Waals surface area contributed by atoms with Crippen LogP contribution in [0.25, 0.3) is 5.69 Å². The quantitative estimate of drug-likeness (QED) is 0.132. The molecule has 1 unspecified atom stereocenters. The van der Waals surface area contributed by atoms with Gasteiger partial charge in [0.2, 0.25) is 0 Å². The Balaban J connectivity index is 1.43. The number of aryl methyl sites for hydroxylation is 2. The number of nitrogens with zero attached hydrogens (tertiary/aromatic N) is 6. The van der Waals surface area contributed by atoms with Gasteiger partial charge in [-0.1, -0.05) is 33.8 Å². The summed E-state index contributed by atoms with van der Waals surface area (Å²) in [7, 11) is 5.47. The van der Waals surface area contributed by atoms with Crippen LogP contribution in [0.3, 0.4) is 0 Å². The number of pyridine rings is 1. The Bertz CT molecular complexity index is 1810. The first-order chi connectivity index (χ1) is 25.9. The van der Waals surface area contributed by atoms with Crippen molar-refractivity contribution >= 4 is 17.8 Å². The number of aromatic nitrogens is 3. The van der Waals surface area contributed by atoms with Gasteiger partial charge in [-0.3, -0.25) is 29.1 Å². The molecule has 2 aromatic heterocycles. The minimum Gasteiger partial charge on any atom is -0.430 e. The average Bonchev–Trinajstić information content (AvgIpc) is 3.39. The Labute approximate surface area is 319 Å². The van der Waals surface area contributed by atoms with Gasteiger partial charge in [0.05, 0.1) is 17.1 Å². The lowest BCUT2D eigenvalue weighted by molar-refractivity contribution is -0.274. The Morgan fingerprint density at radius 1 is 0.964 bits per heavy atom. The van der Waals surface area contributed by atoms with Crippen molar-refractivity contribution in [3.63, 3.8) is 0 Å². The van der Waals surface area contributed by atoms with Crippen molar-refractivity contribution in [2.45, 2.75) is 92.0 Å². The number of hydrogen-bond donors (Lipinski definition) is 0. The van der Waals surface area contributed by atoms with E-state index in [2.05, 4.69) is 14.7 Å². The lowest BCUT2D eigenvalue weighted by Crippen LogP contribution is -2.55. The summed E-state index contributed by atoms with van der Waals surface area (Å²) in [5.41, 5.74) is 2.84. The SMILES string of the molecule is COC1N(C)CC(CC(OC(=O)CC[C@@H]2N=C(c3ccccn3)c3cc(OC(F)(F)F)cc(C)c3-n3c(C)cnc32)OC(=O)OC(C(C)C)C(C)C)CN1C. The second-order valence-electron chi connectivity index (χ2n) is 14.9. The molecule has 2 atom stereocenters. The highest BCUT2D eigenvalue weighted by atomic mass is 19.4. The number of fused-ring (bicyclic) bond motifs is 3. The van der Waals surface area contributed by atoms with E-state index in [1.165, 1.54) is 12.1 Å². The van der Waals surface area contributed by atoms with Crippen molar-refractivity contribution in [3.8, 4) is 11.4 Å². The minimum atomic E-state index is -4.91. The fraction of sp³-hybridized carbons (Fsp3) is 0.564. The molecule has 0 amide bonds. The molecule has 1 fully saturated rings. The fourth-order valence-electron chi connectivity index (χ4n) is 7.62. The van der Waals surface area contributed by atoms with Crippen molar-refractivity contribution in [1.82, 2.24) is 24.3 Å². The van der Waals surface area contributed by atoms with Crippen molar-refractivity contribution in [3.05, 3.63) is 71.1 Å². The summed E-state index contributed by atoms with van der Waals surface area (Å²) in [6.45, 7) is 12.5. The highest BCUT2D eigenvalue weighted by molar-refractivity contribution is 6.14. The van der Waals surface area contributed by atoms with Gasteiger partial charge in [0.25, 0.3) is 6.29 Å². The van der Waals surface area contributed by atoms with Gasteiger partial charge in [-0.15, -0.1) is 13.2 Å². The van der Waals surface area contributed by atoms with Crippen LogP contribution in [0.15, 0.2) is 47.7 Å². The summed E-state index contributed by atoms with van der Waals surface area (Å²) < 4.78 is 69.3. The summed E-state index contributed by atoms with van der Waals surface area (Å²) in [6.07, 6.45) is -4.34. The number of halogens is 3. The van der Waals surface area contributed by atoms with Gasteiger partial charge in [0.15, 0.2) is 6.35 Å². The molecule has 300 valence electrons. The van der Waals surface area contributed by atoms with Crippen LogP contribution in [-0.2, 0) is 23.7 Å². The third-order valence-electron chi connectivity index (χ3n) is 9.68. The smallest absolute Gasteiger partial charge is 0.430 e. The van der Waals surface area contributed by atoms with Gasteiger partial charge >= 0.3 is 18.5 Å². The van der Waals surface area contributed by atoms with Crippen LogP contribution in [0, 0.1) is 31.6 Å². The fourth-order valence-corrected chi connectivity index (χ4v) is 7.62. The van der Waals surface area contributed by atoms with E-state index in [0.717, 1.165) is 0 Å². The molecular formula is C39H51F3N6O7. The van der Waals surface area contributed by atoms with Gasteiger partial charge in [-0.05, 0) is 81.9 Å². The zero-order valence-corrected chi connectivity index (χ0v) is 32.8. The van der Waals surface area contributed by atoms with Crippen molar-refractivity contribution in [2.24, 2.45) is 22.7 Å². The Morgan fingerprint density at radius 3 is 2.25 bits per heavy atom. The zero-order chi connectivity index (χ0) is 40.2. The Hall–Kier alpha value is -4.54. The summed E-state index contributed by atoms with van der Waals surface area (Å²) >= 11 is 0. The number of ether oxygens (including phenoxy) is 5. The number of carbonyl (C=O) groups excluding carboxylic acids is 2. The number of benzene rings is 1. The van der Waals surface area contributed by atoms with E-state index in [0.29, 0.717) is 52.8 Å². The summed E-state index contributed by atoms with van der Waals surface area (Å²) in [4.78, 5) is 45.0. The van der Waals surface area contributed by atoms with Crippen LogP contribution in [-0.4, -0.2) is 102 Å². The van der Waals surface area contributed by atoms with E-state index in [4.69, 9.17) is 23.9 Å². The molecule has 2 aliphatic rings. The molecule has 0 aliphatic carbocycles. The van der Waals surface area contributed by atoms with Gasteiger partial charge < -0.3 is 23.7 Å². The van der Waals surface area contributed by atoms with E-state index in [1.807, 2.05) is 63.1 Å². The summed E-state index contributed by atoms with van der Waals surface area (Å²) in [5, 5.41) is 0. The van der Waals surface area contributed by atoms with E-state index >= 15 is 0 Å². The van der Waals surface area contributed by atoms with Gasteiger partial charge in [-0.25, -0.2) is 9.78 Å². The molecule has 3 aromatic rings. The van der Waals surface area contributed by atoms with Gasteiger partial charge in [-0.2, -0.15) is 0 Å². The molecule has 0 spiro atoms. The lowest BCUT2D eigenvalue weighted by Gasteiger charge is -2.43. The largest absolute Gasteiger partial charge is 0.573 e. The molecular weight excluding hydrogens is 721 g/mol. The Morgan fingerprint density at radius 2 is 1.65 bits per heavy atom. The molecule has 4 heterocycles. The van der Waals surface area contributed by atoms with Crippen LogP contribution in [0.1, 0.15) is 81.3 Å². The number of hydrogen-bond acceptors (Lipinski definition) is 12. The van der Waals surface area contributed by atoms with E-state index in [1.54, 1.807) is 44.6 Å². The van der Waals surface area contributed by atoms with Crippen molar-refractivity contribution < 1.29 is 46.4 Å². The molecule has 1 saturated heterocycles. The normalized spacial score (nSPS) is 19.8. The van der Waals surface area contributed by atoms with Crippen LogP contribution in [0.5, 0.6) is 5.75 Å². The van der Waals surface area contributed by atoms with Gasteiger partial charge in [0, 0.05) is 56.7 Å². The lowest BCUT2D eigenvalue weighted by atomic mass is 9.96. The number of carbonyl (C=O) groups is 2. The average molecular weight is 773 g/mol. The third kappa shape index (κ3) is 10.2. The molecule has 16 heteroatoms. The third-order valence-corrected chi connectivity index (χ3v) is 9.68. The topological polar surface area (TPSA) is 130 Å². The molecule has 0 N–H and O–H groups in total. The summed E-state index contributed by atoms with van der Waals surface area (Å²) in [5.74, 6) is -0.543. The number of esters is 1. The van der Waals surface area contributed by atoms with E-state index in [-0.39, 0.29) is 43.4 Å². The first-order valence-electron chi connectivity index (χ1n) is 18.4. The molecule has 0 bridgehead atoms. The standard InChI is InChI=1S/C39H51F3N6O7/c1-22(2)35(23(3)4)54-38(50)53-32(17-26-20-46(7)37(51-9)47(8)21-26)52-31(49)14-13-30-36-44-19-25(6)48(36)34-24(5)16-27(55-39(40,41)42)18-28(34)33(45-30)29-12-10-11-15-43-29/h10-12,15-16,18-19,22-23,26,30,32,35,37H,13-14,17,20-21H2,1-9H3/t26?,30-,32?,37?/m0/s1. The van der Waals surface area contributed by atoms with Crippen LogP contribution >= 0.6 is 0 Å². The van der Waals surface area contributed by atoms with Gasteiger partial charge in [0.1, 0.15) is 23.7 Å². The van der Waals surface area contributed by atoms with Crippen LogP contribution in [0.2, 0.25) is 0 Å². The van der Waals surface area contributed by atoms with Crippen molar-refractivity contribution in [2.75, 3.05) is 34.3 Å². The highest BCUT2D eigenvalue weighted by Crippen LogP contribution is 2.38. The second kappa shape index (κ2) is 17.5. The molecule has 13 nitrogen and oxygen atoms in total. The molecule has 2 aliphatic heterocycles. The predicted octanol–water partition coefficient (Wildman–Crippen LogP) is 6.97. The van der Waals surface area contributed by atoms with E-state index < -0.39 is 42.7 Å². The molecule has 55 heavy (non-hydrogen) atoms. The first kappa shape index (κ1) is 41.6. The van der Waals surface area contributed by atoms with Crippen LogP contribution < -0.4 is 4.74 Å². The number of aliphatic imine (C=N–C) groups is 1. The highest BCUT2D eigenvalue weighted by Gasteiger charge is 2.36. The molecule has 5 rings (SSSR count). The predicted molar refractivity (Wildman–Crippen MR) is 197 cm³/mol. The number of imidazole rings is 1. The van der Waals surface area contributed by atoms with E-state index in [9.17, 15) is 22.8 Å². The number of alkyl halides is 3. The maximum Gasteiger partial charge on any atom is 0.573 e.